The summed E-state index contributed by atoms with van der Waals surface area (Å²) in [5.41, 5.74) is 7.60. The number of nitrogens with zero attached hydrogens (tertiary/aromatic N) is 3. The largest absolute Gasteiger partial charge is 0.369 e. The second-order valence-electron chi connectivity index (χ2n) is 7.33. The van der Waals surface area contributed by atoms with Crippen LogP contribution in [0.4, 0.5) is 5.82 Å². The summed E-state index contributed by atoms with van der Waals surface area (Å²) in [6.07, 6.45) is 3.34. The highest BCUT2D eigenvalue weighted by Gasteiger charge is 2.24. The summed E-state index contributed by atoms with van der Waals surface area (Å²) in [7, 11) is 0. The second kappa shape index (κ2) is 10.8. The van der Waals surface area contributed by atoms with Crippen molar-refractivity contribution in [3.63, 3.8) is 0 Å². The van der Waals surface area contributed by atoms with Crippen LogP contribution < -0.4 is 21.3 Å². The van der Waals surface area contributed by atoms with E-state index < -0.39 is 0 Å². The van der Waals surface area contributed by atoms with Gasteiger partial charge >= 0.3 is 0 Å². The van der Waals surface area contributed by atoms with Gasteiger partial charge in [-0.3, -0.25) is 4.79 Å². The molecule has 1 aliphatic heterocycles. The Morgan fingerprint density at radius 1 is 1.27 bits per heavy atom. The summed E-state index contributed by atoms with van der Waals surface area (Å²) in [4.78, 5) is 22.9. The van der Waals surface area contributed by atoms with E-state index in [0.29, 0.717) is 18.1 Å². The third-order valence-corrected chi connectivity index (χ3v) is 5.40. The first-order valence-electron chi connectivity index (χ1n) is 10.3. The summed E-state index contributed by atoms with van der Waals surface area (Å²) in [6.45, 7) is 5.49. The van der Waals surface area contributed by atoms with E-state index in [9.17, 15) is 4.79 Å². The lowest BCUT2D eigenvalue weighted by Gasteiger charge is -2.32. The average Bonchev–Trinajstić information content (AvgIpc) is 2.76. The Bertz CT molecular complexity index is 879. The number of carbonyl (C=O) groups is 1. The van der Waals surface area contributed by atoms with Crippen LogP contribution in [0.25, 0.3) is 0 Å². The van der Waals surface area contributed by atoms with Crippen molar-refractivity contribution in [1.29, 1.82) is 0 Å². The highest BCUT2D eigenvalue weighted by atomic mass is 35.5. The lowest BCUT2D eigenvalue weighted by molar-refractivity contribution is -0.122. The minimum absolute atomic E-state index is 0.0366. The van der Waals surface area contributed by atoms with Gasteiger partial charge in [0.1, 0.15) is 5.82 Å². The van der Waals surface area contributed by atoms with Crippen LogP contribution in [0.1, 0.15) is 30.9 Å². The molecule has 3 rings (SSSR count). The van der Waals surface area contributed by atoms with Crippen LogP contribution in [0, 0.1) is 5.92 Å². The smallest absolute Gasteiger partial charge is 0.220 e. The Hall–Kier alpha value is -2.80. The number of hydrogen-bond acceptors (Lipinski definition) is 4. The monoisotopic (exact) mass is 428 g/mol. The SMILES string of the molecule is CCNC(=NCc1cccc(Cl)c1)NCc1cccnc1N1CCC(C(N)=O)CC1. The maximum atomic E-state index is 11.4. The van der Waals surface area contributed by atoms with E-state index in [1.165, 1.54) is 0 Å². The van der Waals surface area contributed by atoms with Crippen molar-refractivity contribution in [2.45, 2.75) is 32.9 Å². The van der Waals surface area contributed by atoms with Gasteiger partial charge in [0.05, 0.1) is 6.54 Å². The van der Waals surface area contributed by atoms with Crippen LogP contribution in [-0.2, 0) is 17.9 Å². The molecule has 0 atom stereocenters. The van der Waals surface area contributed by atoms with E-state index in [2.05, 4.69) is 31.6 Å². The number of piperidine rings is 1. The Kier molecular flexibility index (Phi) is 7.90. The number of hydrogen-bond donors (Lipinski definition) is 3. The molecule has 30 heavy (non-hydrogen) atoms. The standard InChI is InChI=1S/C22H29ClN6O/c1-2-25-22(27-14-16-5-3-7-19(23)13-16)28-15-18-6-4-10-26-21(18)29-11-8-17(9-12-29)20(24)30/h3-7,10,13,17H,2,8-9,11-12,14-15H2,1H3,(H2,24,30)(H2,25,27,28). The Morgan fingerprint density at radius 2 is 2.07 bits per heavy atom. The molecule has 160 valence electrons. The molecule has 1 aromatic heterocycles. The van der Waals surface area contributed by atoms with Gasteiger partial charge in [0, 0.05) is 48.9 Å². The third-order valence-electron chi connectivity index (χ3n) is 5.16. The highest BCUT2D eigenvalue weighted by Crippen LogP contribution is 2.24. The first-order chi connectivity index (χ1) is 14.6. The average molecular weight is 429 g/mol. The van der Waals surface area contributed by atoms with Crippen molar-refractivity contribution in [3.05, 3.63) is 58.7 Å². The maximum absolute atomic E-state index is 11.4. The molecule has 1 amide bonds. The van der Waals surface area contributed by atoms with Crippen LogP contribution in [0.15, 0.2) is 47.6 Å². The van der Waals surface area contributed by atoms with E-state index >= 15 is 0 Å². The number of aliphatic imine (C=N–C) groups is 1. The van der Waals surface area contributed by atoms with E-state index in [1.807, 2.05) is 37.3 Å². The number of pyridine rings is 1. The number of benzene rings is 1. The molecule has 1 aromatic carbocycles. The number of anilines is 1. The number of aromatic nitrogens is 1. The predicted octanol–water partition coefficient (Wildman–Crippen LogP) is 2.69. The molecule has 4 N–H and O–H groups in total. The molecule has 1 saturated heterocycles. The molecule has 2 heterocycles. The van der Waals surface area contributed by atoms with Gasteiger partial charge in [0.15, 0.2) is 5.96 Å². The number of amides is 1. The van der Waals surface area contributed by atoms with Crippen LogP contribution in [0.5, 0.6) is 0 Å². The van der Waals surface area contributed by atoms with Gasteiger partial charge in [-0.25, -0.2) is 9.98 Å². The van der Waals surface area contributed by atoms with Gasteiger partial charge in [-0.15, -0.1) is 0 Å². The van der Waals surface area contributed by atoms with Gasteiger partial charge in [-0.1, -0.05) is 29.8 Å². The number of nitrogens with two attached hydrogens (primary N) is 1. The van der Waals surface area contributed by atoms with Gasteiger partial charge in [0.25, 0.3) is 0 Å². The minimum atomic E-state index is -0.205. The number of rotatable bonds is 7. The van der Waals surface area contributed by atoms with Crippen LogP contribution in [0.3, 0.4) is 0 Å². The quantitative estimate of drug-likeness (QED) is 0.465. The number of guanidine groups is 1. The lowest BCUT2D eigenvalue weighted by Crippen LogP contribution is -2.40. The second-order valence-corrected chi connectivity index (χ2v) is 7.76. The zero-order valence-electron chi connectivity index (χ0n) is 17.3. The topological polar surface area (TPSA) is 95.6 Å². The van der Waals surface area contributed by atoms with E-state index in [4.69, 9.17) is 17.3 Å². The maximum Gasteiger partial charge on any atom is 0.220 e. The molecule has 0 spiro atoms. The van der Waals surface area contributed by atoms with E-state index in [1.54, 1.807) is 6.20 Å². The molecule has 8 heteroatoms. The molecule has 2 aromatic rings. The van der Waals surface area contributed by atoms with Crippen molar-refractivity contribution in [2.75, 3.05) is 24.5 Å². The molecule has 0 radical (unpaired) electrons. The highest BCUT2D eigenvalue weighted by molar-refractivity contribution is 6.30. The summed E-state index contributed by atoms with van der Waals surface area (Å²) < 4.78 is 0. The van der Waals surface area contributed by atoms with E-state index in [0.717, 1.165) is 55.4 Å². The molecule has 0 aliphatic carbocycles. The molecule has 1 fully saturated rings. The molecule has 0 saturated carbocycles. The Labute approximate surface area is 182 Å². The number of halogens is 1. The summed E-state index contributed by atoms with van der Waals surface area (Å²) >= 11 is 6.06. The van der Waals surface area contributed by atoms with Crippen LogP contribution in [-0.4, -0.2) is 36.5 Å². The van der Waals surface area contributed by atoms with Crippen LogP contribution in [0.2, 0.25) is 5.02 Å². The molecule has 7 nitrogen and oxygen atoms in total. The van der Waals surface area contributed by atoms with Gasteiger partial charge in [0.2, 0.25) is 5.91 Å². The lowest BCUT2D eigenvalue weighted by atomic mass is 9.96. The van der Waals surface area contributed by atoms with Crippen molar-refractivity contribution in [1.82, 2.24) is 15.6 Å². The number of nitrogens with one attached hydrogen (secondary N) is 2. The fourth-order valence-corrected chi connectivity index (χ4v) is 3.77. The summed E-state index contributed by atoms with van der Waals surface area (Å²) in [5, 5.41) is 7.38. The molecule has 1 aliphatic rings. The zero-order valence-corrected chi connectivity index (χ0v) is 18.0. The van der Waals surface area contributed by atoms with Crippen molar-refractivity contribution in [3.8, 4) is 0 Å². The summed E-state index contributed by atoms with van der Waals surface area (Å²) in [5.74, 6) is 1.44. The Morgan fingerprint density at radius 3 is 2.77 bits per heavy atom. The fourth-order valence-electron chi connectivity index (χ4n) is 3.56. The first-order valence-corrected chi connectivity index (χ1v) is 10.7. The molecular weight excluding hydrogens is 400 g/mol. The van der Waals surface area contributed by atoms with E-state index in [-0.39, 0.29) is 11.8 Å². The summed E-state index contributed by atoms with van der Waals surface area (Å²) in [6, 6.07) is 11.7. The number of primary amides is 1. The Balaban J connectivity index is 1.65. The third kappa shape index (κ3) is 6.10. The molecule has 0 unspecified atom stereocenters. The molecule has 0 bridgehead atoms. The van der Waals surface area contributed by atoms with Gasteiger partial charge < -0.3 is 21.3 Å². The van der Waals surface area contributed by atoms with Gasteiger partial charge in [-0.2, -0.15) is 0 Å². The zero-order chi connectivity index (χ0) is 21.3. The predicted molar refractivity (Wildman–Crippen MR) is 121 cm³/mol. The molecular formula is C22H29ClN6O. The minimum Gasteiger partial charge on any atom is -0.369 e. The van der Waals surface area contributed by atoms with Gasteiger partial charge in [-0.05, 0) is 43.5 Å². The number of carbonyl (C=O) groups excluding carboxylic acids is 1. The van der Waals surface area contributed by atoms with Crippen LogP contribution >= 0.6 is 11.6 Å². The van der Waals surface area contributed by atoms with Crippen molar-refractivity contribution in [2.24, 2.45) is 16.6 Å². The normalized spacial score (nSPS) is 15.1. The van der Waals surface area contributed by atoms with Crippen molar-refractivity contribution < 1.29 is 4.79 Å². The van der Waals surface area contributed by atoms with Crippen molar-refractivity contribution >= 4 is 29.3 Å². The first kappa shape index (κ1) is 21.9. The fraction of sp³-hybridized carbons (Fsp3) is 0.409.